The van der Waals surface area contributed by atoms with E-state index in [1.54, 1.807) is 4.90 Å². The lowest BCUT2D eigenvalue weighted by atomic mass is 9.70. The second-order valence-electron chi connectivity index (χ2n) is 7.46. The van der Waals surface area contributed by atoms with Crippen molar-refractivity contribution in [3.8, 4) is 0 Å². The van der Waals surface area contributed by atoms with E-state index in [1.165, 1.54) is 12.1 Å². The molecule has 122 valence electrons. The molecule has 1 amide bonds. The highest BCUT2D eigenvalue weighted by molar-refractivity contribution is 5.69. The number of carbonyl (C=O) groups excluding carboxylic acids is 1. The SMILES string of the molecule is CC(C)(C)OC(=O)N1CC(C(C)(C)c2cc(F)cc(F)c2)C1. The van der Waals surface area contributed by atoms with Crippen LogP contribution in [0.5, 0.6) is 0 Å². The maximum Gasteiger partial charge on any atom is 0.410 e. The number of amides is 1. The predicted octanol–water partition coefficient (Wildman–Crippen LogP) is 4.11. The number of carbonyl (C=O) groups is 1. The molecule has 1 aromatic rings. The fraction of sp³-hybridized carbons (Fsp3) is 0.588. The monoisotopic (exact) mass is 311 g/mol. The summed E-state index contributed by atoms with van der Waals surface area (Å²) >= 11 is 0. The molecule has 1 aliphatic heterocycles. The van der Waals surface area contributed by atoms with Gasteiger partial charge in [0.15, 0.2) is 0 Å². The van der Waals surface area contributed by atoms with Crippen LogP contribution in [0.15, 0.2) is 18.2 Å². The molecular weight excluding hydrogens is 288 g/mol. The Morgan fingerprint density at radius 3 is 2.05 bits per heavy atom. The molecule has 0 radical (unpaired) electrons. The zero-order valence-corrected chi connectivity index (χ0v) is 13.7. The smallest absolute Gasteiger partial charge is 0.410 e. The highest BCUT2D eigenvalue weighted by atomic mass is 19.1. The Labute approximate surface area is 130 Å². The van der Waals surface area contributed by atoms with Crippen LogP contribution >= 0.6 is 0 Å². The van der Waals surface area contributed by atoms with Crippen molar-refractivity contribution in [1.82, 2.24) is 4.90 Å². The first-order chi connectivity index (χ1) is 9.99. The van der Waals surface area contributed by atoms with Crippen molar-refractivity contribution < 1.29 is 18.3 Å². The number of likely N-dealkylation sites (tertiary alicyclic amines) is 1. The van der Waals surface area contributed by atoms with Crippen molar-refractivity contribution in [1.29, 1.82) is 0 Å². The maximum absolute atomic E-state index is 13.4. The fourth-order valence-electron chi connectivity index (χ4n) is 2.57. The van der Waals surface area contributed by atoms with Gasteiger partial charge in [0.1, 0.15) is 17.2 Å². The van der Waals surface area contributed by atoms with Crippen molar-refractivity contribution in [2.24, 2.45) is 5.92 Å². The maximum atomic E-state index is 13.4. The Morgan fingerprint density at radius 1 is 1.09 bits per heavy atom. The molecule has 0 unspecified atom stereocenters. The number of rotatable bonds is 2. The van der Waals surface area contributed by atoms with Crippen LogP contribution in [0.2, 0.25) is 0 Å². The number of benzene rings is 1. The molecule has 1 aliphatic rings. The Kier molecular flexibility index (Phi) is 4.20. The van der Waals surface area contributed by atoms with E-state index in [9.17, 15) is 13.6 Å². The minimum atomic E-state index is -0.577. The Bertz CT molecular complexity index is 552. The summed E-state index contributed by atoms with van der Waals surface area (Å²) in [5.74, 6) is -1.01. The van der Waals surface area contributed by atoms with E-state index < -0.39 is 22.7 Å². The van der Waals surface area contributed by atoms with E-state index in [0.29, 0.717) is 18.7 Å². The zero-order chi connectivity index (χ0) is 16.7. The minimum absolute atomic E-state index is 0.140. The number of nitrogens with zero attached hydrogens (tertiary/aromatic N) is 1. The first-order valence-electron chi connectivity index (χ1n) is 7.43. The Hall–Kier alpha value is -1.65. The van der Waals surface area contributed by atoms with Gasteiger partial charge in [-0.2, -0.15) is 0 Å². The average Bonchev–Trinajstić information content (AvgIpc) is 2.21. The number of halogens is 2. The lowest BCUT2D eigenvalue weighted by Gasteiger charge is -2.47. The summed E-state index contributed by atoms with van der Waals surface area (Å²) in [4.78, 5) is 13.6. The van der Waals surface area contributed by atoms with Crippen molar-refractivity contribution >= 4 is 6.09 Å². The fourth-order valence-corrected chi connectivity index (χ4v) is 2.57. The van der Waals surface area contributed by atoms with Crippen LogP contribution in [0, 0.1) is 17.6 Å². The third-order valence-corrected chi connectivity index (χ3v) is 4.16. The standard InChI is InChI=1S/C17H23F2NO2/c1-16(2,3)22-15(21)20-9-12(10-20)17(4,5)11-6-13(18)8-14(19)7-11/h6-8,12H,9-10H2,1-5H3. The number of hydrogen-bond acceptors (Lipinski definition) is 2. The highest BCUT2D eigenvalue weighted by Gasteiger charge is 2.43. The van der Waals surface area contributed by atoms with E-state index in [2.05, 4.69) is 0 Å². The van der Waals surface area contributed by atoms with Crippen molar-refractivity contribution in [2.75, 3.05) is 13.1 Å². The van der Waals surface area contributed by atoms with Gasteiger partial charge in [0.2, 0.25) is 0 Å². The van der Waals surface area contributed by atoms with Gasteiger partial charge in [-0.25, -0.2) is 13.6 Å². The molecule has 1 aromatic carbocycles. The number of ether oxygens (including phenoxy) is 1. The van der Waals surface area contributed by atoms with Gasteiger partial charge in [-0.3, -0.25) is 0 Å². The van der Waals surface area contributed by atoms with Gasteiger partial charge in [-0.05, 0) is 43.9 Å². The molecule has 0 aromatic heterocycles. The average molecular weight is 311 g/mol. The molecule has 1 fully saturated rings. The van der Waals surface area contributed by atoms with Gasteiger partial charge >= 0.3 is 6.09 Å². The molecular formula is C17H23F2NO2. The predicted molar refractivity (Wildman–Crippen MR) is 80.7 cm³/mol. The van der Waals surface area contributed by atoms with Crippen LogP contribution in [0.25, 0.3) is 0 Å². The van der Waals surface area contributed by atoms with E-state index in [0.717, 1.165) is 6.07 Å². The molecule has 0 spiro atoms. The molecule has 1 heterocycles. The molecule has 1 saturated heterocycles. The summed E-state index contributed by atoms with van der Waals surface area (Å²) in [6, 6.07) is 3.59. The number of hydrogen-bond donors (Lipinski definition) is 0. The normalized spacial score (nSPS) is 16.4. The van der Waals surface area contributed by atoms with Crippen LogP contribution in [0.3, 0.4) is 0 Å². The molecule has 5 heteroatoms. The minimum Gasteiger partial charge on any atom is -0.444 e. The van der Waals surface area contributed by atoms with Gasteiger partial charge in [0.25, 0.3) is 0 Å². The Morgan fingerprint density at radius 2 is 1.59 bits per heavy atom. The summed E-state index contributed by atoms with van der Waals surface area (Å²) in [5, 5.41) is 0. The summed E-state index contributed by atoms with van der Waals surface area (Å²) < 4.78 is 32.1. The van der Waals surface area contributed by atoms with E-state index in [4.69, 9.17) is 4.74 Å². The van der Waals surface area contributed by atoms with Gasteiger partial charge in [0.05, 0.1) is 0 Å². The molecule has 22 heavy (non-hydrogen) atoms. The highest BCUT2D eigenvalue weighted by Crippen LogP contribution is 2.38. The molecule has 0 atom stereocenters. The summed E-state index contributed by atoms with van der Waals surface area (Å²) in [6.45, 7) is 10.4. The largest absolute Gasteiger partial charge is 0.444 e. The zero-order valence-electron chi connectivity index (χ0n) is 13.7. The van der Waals surface area contributed by atoms with Gasteiger partial charge in [-0.1, -0.05) is 13.8 Å². The molecule has 2 rings (SSSR count). The molecule has 0 saturated carbocycles. The van der Waals surface area contributed by atoms with Crippen LogP contribution in [-0.2, 0) is 10.2 Å². The molecule has 3 nitrogen and oxygen atoms in total. The first-order valence-corrected chi connectivity index (χ1v) is 7.43. The third-order valence-electron chi connectivity index (χ3n) is 4.16. The molecule has 0 aliphatic carbocycles. The Balaban J connectivity index is 2.03. The second kappa shape index (κ2) is 5.52. The van der Waals surface area contributed by atoms with E-state index >= 15 is 0 Å². The third kappa shape index (κ3) is 3.57. The van der Waals surface area contributed by atoms with Crippen LogP contribution < -0.4 is 0 Å². The van der Waals surface area contributed by atoms with Crippen molar-refractivity contribution in [2.45, 2.75) is 45.6 Å². The van der Waals surface area contributed by atoms with Crippen LogP contribution in [0.4, 0.5) is 13.6 Å². The topological polar surface area (TPSA) is 29.5 Å². The van der Waals surface area contributed by atoms with E-state index in [-0.39, 0.29) is 12.0 Å². The van der Waals surface area contributed by atoms with Crippen molar-refractivity contribution in [3.63, 3.8) is 0 Å². The van der Waals surface area contributed by atoms with Gasteiger partial charge in [0, 0.05) is 25.1 Å². The first kappa shape index (κ1) is 16.7. The van der Waals surface area contributed by atoms with Crippen LogP contribution in [0.1, 0.15) is 40.2 Å². The lowest BCUT2D eigenvalue weighted by Crippen LogP contribution is -2.57. The van der Waals surface area contributed by atoms with Gasteiger partial charge < -0.3 is 9.64 Å². The lowest BCUT2D eigenvalue weighted by molar-refractivity contribution is -0.0125. The second-order valence-corrected chi connectivity index (χ2v) is 7.46. The molecule has 0 bridgehead atoms. The quantitative estimate of drug-likeness (QED) is 0.822. The summed E-state index contributed by atoms with van der Waals surface area (Å²) in [7, 11) is 0. The van der Waals surface area contributed by atoms with Crippen molar-refractivity contribution in [3.05, 3.63) is 35.4 Å². The summed E-state index contributed by atoms with van der Waals surface area (Å²) in [6.07, 6.45) is -0.343. The molecule has 0 N–H and O–H groups in total. The van der Waals surface area contributed by atoms with Gasteiger partial charge in [-0.15, -0.1) is 0 Å². The van der Waals surface area contributed by atoms with E-state index in [1.807, 2.05) is 34.6 Å². The summed E-state index contributed by atoms with van der Waals surface area (Å²) in [5.41, 5.74) is -0.330. The van der Waals surface area contributed by atoms with Crippen LogP contribution in [-0.4, -0.2) is 29.7 Å².